The zero-order valence-corrected chi connectivity index (χ0v) is 15.8. The summed E-state index contributed by atoms with van der Waals surface area (Å²) in [6, 6.07) is 15.8. The molecule has 6 heteroatoms. The second kappa shape index (κ2) is 7.46. The van der Waals surface area contributed by atoms with Crippen LogP contribution in [0.25, 0.3) is 10.9 Å². The van der Waals surface area contributed by atoms with E-state index in [1.54, 1.807) is 15.9 Å². The number of rotatable bonds is 3. The summed E-state index contributed by atoms with van der Waals surface area (Å²) in [6.07, 6.45) is 0. The topological polar surface area (TPSA) is 45.6 Å². The van der Waals surface area contributed by atoms with Crippen LogP contribution in [0.15, 0.2) is 54.6 Å². The lowest BCUT2D eigenvalue weighted by Crippen LogP contribution is -2.51. The van der Waals surface area contributed by atoms with E-state index in [-0.39, 0.29) is 18.4 Å². The van der Waals surface area contributed by atoms with Crippen molar-refractivity contribution in [2.24, 2.45) is 0 Å². The van der Waals surface area contributed by atoms with Gasteiger partial charge in [-0.1, -0.05) is 24.3 Å². The molecule has 2 amide bonds. The van der Waals surface area contributed by atoms with Gasteiger partial charge in [0.05, 0.1) is 0 Å². The minimum atomic E-state index is -0.422. The summed E-state index contributed by atoms with van der Waals surface area (Å²) in [5.41, 5.74) is 2.44. The third-order valence-corrected chi connectivity index (χ3v) is 5.30. The van der Waals surface area contributed by atoms with Gasteiger partial charge in [-0.3, -0.25) is 9.59 Å². The van der Waals surface area contributed by atoms with Crippen molar-refractivity contribution in [3.8, 4) is 0 Å². The molecule has 1 saturated heterocycles. The molecule has 0 saturated carbocycles. The largest absolute Gasteiger partial charge is 0.338 e. The number of fused-ring (bicyclic) bond motifs is 1. The fraction of sp³-hybridized carbons (Fsp3) is 0.273. The fourth-order valence-electron chi connectivity index (χ4n) is 3.76. The molecule has 0 radical (unpaired) electrons. The summed E-state index contributed by atoms with van der Waals surface area (Å²) in [4.78, 5) is 28.8. The smallest absolute Gasteiger partial charge is 0.254 e. The summed E-state index contributed by atoms with van der Waals surface area (Å²) >= 11 is 0. The Morgan fingerprint density at radius 3 is 2.39 bits per heavy atom. The van der Waals surface area contributed by atoms with E-state index in [9.17, 15) is 14.0 Å². The average Bonchev–Trinajstić information content (AvgIpc) is 3.03. The zero-order chi connectivity index (χ0) is 19.7. The number of carbonyl (C=O) groups is 2. The number of halogens is 1. The van der Waals surface area contributed by atoms with Gasteiger partial charge in [-0.25, -0.2) is 4.39 Å². The van der Waals surface area contributed by atoms with Gasteiger partial charge in [0.25, 0.3) is 5.91 Å². The van der Waals surface area contributed by atoms with Gasteiger partial charge < -0.3 is 14.4 Å². The Labute approximate surface area is 163 Å². The third-order valence-electron chi connectivity index (χ3n) is 5.30. The van der Waals surface area contributed by atoms with Crippen LogP contribution >= 0.6 is 0 Å². The number of aromatic nitrogens is 1. The average molecular weight is 379 g/mol. The Hall–Kier alpha value is -3.15. The molecule has 3 aromatic rings. The summed E-state index contributed by atoms with van der Waals surface area (Å²) < 4.78 is 15.4. The zero-order valence-electron chi connectivity index (χ0n) is 15.8. The van der Waals surface area contributed by atoms with Crippen LogP contribution in [0.4, 0.5) is 4.39 Å². The molecule has 0 unspecified atom stereocenters. The van der Waals surface area contributed by atoms with Gasteiger partial charge in [-0.2, -0.15) is 0 Å². The van der Waals surface area contributed by atoms with Crippen LogP contribution in [0.5, 0.6) is 0 Å². The monoisotopic (exact) mass is 379 g/mol. The van der Waals surface area contributed by atoms with Crippen LogP contribution in [-0.4, -0.2) is 52.4 Å². The highest BCUT2D eigenvalue weighted by molar-refractivity contribution is 5.94. The Bertz CT molecular complexity index is 1040. The van der Waals surface area contributed by atoms with Crippen LogP contribution in [0.1, 0.15) is 16.1 Å². The summed E-state index contributed by atoms with van der Waals surface area (Å²) in [6.45, 7) is 4.16. The van der Waals surface area contributed by atoms with E-state index < -0.39 is 5.82 Å². The lowest BCUT2D eigenvalue weighted by Gasteiger charge is -2.35. The molecule has 0 spiro atoms. The van der Waals surface area contributed by atoms with E-state index in [4.69, 9.17) is 0 Å². The first kappa shape index (κ1) is 18.2. The minimum absolute atomic E-state index is 0.0438. The molecule has 2 heterocycles. The number of piperazine rings is 1. The molecule has 0 atom stereocenters. The highest BCUT2D eigenvalue weighted by atomic mass is 19.1. The summed E-state index contributed by atoms with van der Waals surface area (Å²) in [5.74, 6) is -0.574. The number of carbonyl (C=O) groups excluding carboxylic acids is 2. The van der Waals surface area contributed by atoms with Gasteiger partial charge in [-0.15, -0.1) is 0 Å². The number of para-hydroxylation sites is 1. The molecule has 5 nitrogen and oxygen atoms in total. The molecule has 1 aliphatic heterocycles. The molecule has 0 N–H and O–H groups in total. The van der Waals surface area contributed by atoms with E-state index in [1.165, 1.54) is 18.2 Å². The molecular weight excluding hydrogens is 357 g/mol. The van der Waals surface area contributed by atoms with Crippen molar-refractivity contribution in [3.63, 3.8) is 0 Å². The van der Waals surface area contributed by atoms with Crippen LogP contribution in [0.3, 0.4) is 0 Å². The van der Waals surface area contributed by atoms with Crippen molar-refractivity contribution < 1.29 is 14.0 Å². The van der Waals surface area contributed by atoms with Gasteiger partial charge in [0.15, 0.2) is 0 Å². The maximum absolute atomic E-state index is 13.4. The van der Waals surface area contributed by atoms with Crippen molar-refractivity contribution >= 4 is 22.7 Å². The highest BCUT2D eigenvalue weighted by Crippen LogP contribution is 2.19. The molecule has 144 valence electrons. The predicted octanol–water partition coefficient (Wildman–Crippen LogP) is 3.07. The van der Waals surface area contributed by atoms with Crippen molar-refractivity contribution in [3.05, 3.63) is 71.7 Å². The molecule has 2 aromatic carbocycles. The molecule has 0 aliphatic carbocycles. The normalized spacial score (nSPS) is 14.5. The quantitative estimate of drug-likeness (QED) is 0.702. The minimum Gasteiger partial charge on any atom is -0.338 e. The number of amides is 2. The first-order chi connectivity index (χ1) is 13.5. The first-order valence-electron chi connectivity index (χ1n) is 9.40. The predicted molar refractivity (Wildman–Crippen MR) is 106 cm³/mol. The number of hydrogen-bond donors (Lipinski definition) is 0. The Morgan fingerprint density at radius 1 is 0.929 bits per heavy atom. The maximum Gasteiger partial charge on any atom is 0.254 e. The van der Waals surface area contributed by atoms with Crippen molar-refractivity contribution in [2.75, 3.05) is 26.2 Å². The number of nitrogens with zero attached hydrogens (tertiary/aromatic N) is 3. The molecular formula is C22H22FN3O2. The lowest BCUT2D eigenvalue weighted by atomic mass is 10.1. The Balaban J connectivity index is 1.40. The van der Waals surface area contributed by atoms with Gasteiger partial charge in [-0.05, 0) is 42.6 Å². The highest BCUT2D eigenvalue weighted by Gasteiger charge is 2.25. The van der Waals surface area contributed by atoms with E-state index in [0.717, 1.165) is 16.6 Å². The van der Waals surface area contributed by atoms with Gasteiger partial charge in [0, 0.05) is 43.0 Å². The summed E-state index contributed by atoms with van der Waals surface area (Å²) in [7, 11) is 0. The van der Waals surface area contributed by atoms with E-state index in [0.29, 0.717) is 31.7 Å². The molecule has 0 bridgehead atoms. The van der Waals surface area contributed by atoms with E-state index >= 15 is 0 Å². The number of benzene rings is 2. The number of aryl methyl sites for hydroxylation is 1. The lowest BCUT2D eigenvalue weighted by molar-refractivity contribution is -0.133. The second-order valence-corrected chi connectivity index (χ2v) is 7.11. The van der Waals surface area contributed by atoms with Gasteiger partial charge in [0.1, 0.15) is 12.4 Å². The maximum atomic E-state index is 13.4. The first-order valence-corrected chi connectivity index (χ1v) is 9.40. The second-order valence-electron chi connectivity index (χ2n) is 7.11. The molecule has 1 fully saturated rings. The van der Waals surface area contributed by atoms with Crippen molar-refractivity contribution in [1.82, 2.24) is 14.4 Å². The number of hydrogen-bond acceptors (Lipinski definition) is 2. The fourth-order valence-corrected chi connectivity index (χ4v) is 3.76. The molecule has 1 aliphatic rings. The van der Waals surface area contributed by atoms with E-state index in [2.05, 4.69) is 6.07 Å². The standard InChI is InChI=1S/C22H22FN3O2/c1-16-13-17-5-2-3-8-20(17)26(16)15-21(27)24-9-11-25(12-10-24)22(28)18-6-4-7-19(23)14-18/h2-8,13-14H,9-12,15H2,1H3. The van der Waals surface area contributed by atoms with Crippen molar-refractivity contribution in [1.29, 1.82) is 0 Å². The Kier molecular flexibility index (Phi) is 4.86. The third kappa shape index (κ3) is 3.50. The van der Waals surface area contributed by atoms with Gasteiger partial charge in [0.2, 0.25) is 5.91 Å². The van der Waals surface area contributed by atoms with Crippen molar-refractivity contribution in [2.45, 2.75) is 13.5 Å². The SMILES string of the molecule is Cc1cc2ccccc2n1CC(=O)N1CCN(C(=O)c2cccc(F)c2)CC1. The van der Waals surface area contributed by atoms with Gasteiger partial charge >= 0.3 is 0 Å². The molecule has 4 rings (SSSR count). The van der Waals surface area contributed by atoms with Crippen LogP contribution < -0.4 is 0 Å². The molecule has 1 aromatic heterocycles. The van der Waals surface area contributed by atoms with Crippen LogP contribution in [0.2, 0.25) is 0 Å². The summed E-state index contributed by atoms with van der Waals surface area (Å²) in [5, 5.41) is 1.12. The van der Waals surface area contributed by atoms with E-state index in [1.807, 2.05) is 35.8 Å². The Morgan fingerprint density at radius 2 is 1.64 bits per heavy atom. The van der Waals surface area contributed by atoms with Crippen LogP contribution in [-0.2, 0) is 11.3 Å². The molecule has 28 heavy (non-hydrogen) atoms. The van der Waals surface area contributed by atoms with Crippen LogP contribution in [0, 0.1) is 12.7 Å².